The quantitative estimate of drug-likeness (QED) is 0.689. The molecule has 1 amide bonds. The molecule has 0 saturated heterocycles. The highest BCUT2D eigenvalue weighted by Crippen LogP contribution is 1.98. The van der Waals surface area contributed by atoms with Crippen molar-refractivity contribution in [3.05, 3.63) is 11.6 Å². The van der Waals surface area contributed by atoms with Gasteiger partial charge in [0.1, 0.15) is 0 Å². The third-order valence-electron chi connectivity index (χ3n) is 1.39. The van der Waals surface area contributed by atoms with Gasteiger partial charge in [0.25, 0.3) is 0 Å². The second-order valence-corrected chi connectivity index (χ2v) is 4.37. The number of halogens is 1. The molecule has 0 aromatic carbocycles. The summed E-state index contributed by atoms with van der Waals surface area (Å²) < 4.78 is 0. The molecule has 0 spiro atoms. The van der Waals surface area contributed by atoms with Crippen LogP contribution in [0.1, 0.15) is 27.2 Å². The van der Waals surface area contributed by atoms with Crippen LogP contribution in [0, 0.1) is 0 Å². The van der Waals surface area contributed by atoms with Gasteiger partial charge in [0, 0.05) is 30.6 Å². The predicted octanol–water partition coefficient (Wildman–Crippen LogP) is 1.63. The number of rotatable bonds is 5. The third kappa shape index (κ3) is 9.55. The standard InChI is InChI=1S/C10H19ClN2O/c1-10(2,3)13-9(14)5-8-12-7-4-6-11/h4,6,12H,5,7-8H2,1-3H3,(H,13,14)/b6-4+. The van der Waals surface area contributed by atoms with E-state index in [1.165, 1.54) is 5.54 Å². The molecule has 0 aromatic rings. The molecule has 0 aliphatic heterocycles. The summed E-state index contributed by atoms with van der Waals surface area (Å²) in [6.45, 7) is 7.27. The molecule has 0 unspecified atom stereocenters. The molecule has 0 radical (unpaired) electrons. The third-order valence-corrected chi connectivity index (χ3v) is 1.57. The van der Waals surface area contributed by atoms with Crippen LogP contribution in [-0.4, -0.2) is 24.5 Å². The Morgan fingerprint density at radius 1 is 1.43 bits per heavy atom. The number of hydrogen-bond acceptors (Lipinski definition) is 2. The van der Waals surface area contributed by atoms with Crippen molar-refractivity contribution in [1.29, 1.82) is 0 Å². The average molecular weight is 219 g/mol. The Kier molecular flexibility index (Phi) is 6.58. The Hall–Kier alpha value is -0.540. The van der Waals surface area contributed by atoms with Crippen LogP contribution in [0.15, 0.2) is 11.6 Å². The summed E-state index contributed by atoms with van der Waals surface area (Å²) in [5, 5.41) is 5.96. The maximum absolute atomic E-state index is 11.3. The monoisotopic (exact) mass is 218 g/mol. The Balaban J connectivity index is 3.45. The fraction of sp³-hybridized carbons (Fsp3) is 0.700. The fourth-order valence-electron chi connectivity index (χ4n) is 0.913. The smallest absolute Gasteiger partial charge is 0.221 e. The van der Waals surface area contributed by atoms with E-state index in [4.69, 9.17) is 11.6 Å². The van der Waals surface area contributed by atoms with Gasteiger partial charge in [-0.25, -0.2) is 0 Å². The van der Waals surface area contributed by atoms with E-state index in [1.54, 1.807) is 6.08 Å². The zero-order valence-electron chi connectivity index (χ0n) is 9.06. The van der Waals surface area contributed by atoms with Gasteiger partial charge < -0.3 is 10.6 Å². The lowest BCUT2D eigenvalue weighted by Gasteiger charge is -2.20. The second-order valence-electron chi connectivity index (χ2n) is 4.11. The molecule has 0 aliphatic carbocycles. The molecule has 14 heavy (non-hydrogen) atoms. The van der Waals surface area contributed by atoms with Crippen molar-refractivity contribution in [2.75, 3.05) is 13.1 Å². The van der Waals surface area contributed by atoms with Crippen LogP contribution in [0.3, 0.4) is 0 Å². The molecular weight excluding hydrogens is 200 g/mol. The van der Waals surface area contributed by atoms with Crippen molar-refractivity contribution >= 4 is 17.5 Å². The number of nitrogens with one attached hydrogen (secondary N) is 2. The van der Waals surface area contributed by atoms with Gasteiger partial charge >= 0.3 is 0 Å². The normalized spacial score (nSPS) is 12.0. The zero-order valence-corrected chi connectivity index (χ0v) is 9.82. The van der Waals surface area contributed by atoms with Gasteiger partial charge in [-0.2, -0.15) is 0 Å². The minimum atomic E-state index is -0.146. The summed E-state index contributed by atoms with van der Waals surface area (Å²) in [6.07, 6.45) is 2.29. The summed E-state index contributed by atoms with van der Waals surface area (Å²) in [6, 6.07) is 0. The fourth-order valence-corrected chi connectivity index (χ4v) is 1.00. The van der Waals surface area contributed by atoms with E-state index < -0.39 is 0 Å². The molecule has 0 saturated carbocycles. The lowest BCUT2D eigenvalue weighted by atomic mass is 10.1. The summed E-state index contributed by atoms with van der Waals surface area (Å²) in [5.41, 5.74) is 1.31. The van der Waals surface area contributed by atoms with E-state index >= 15 is 0 Å². The number of carbonyl (C=O) groups is 1. The van der Waals surface area contributed by atoms with Gasteiger partial charge in [-0.1, -0.05) is 17.7 Å². The van der Waals surface area contributed by atoms with Crippen molar-refractivity contribution < 1.29 is 4.79 Å². The van der Waals surface area contributed by atoms with E-state index in [-0.39, 0.29) is 11.4 Å². The van der Waals surface area contributed by atoms with Crippen LogP contribution in [0.5, 0.6) is 0 Å². The summed E-state index contributed by atoms with van der Waals surface area (Å²) in [7, 11) is 0. The number of hydrogen-bond donors (Lipinski definition) is 2. The SMILES string of the molecule is CC(C)(C)NC(=O)CCNC/C=C/Cl. The van der Waals surface area contributed by atoms with Crippen LogP contribution in [-0.2, 0) is 4.79 Å². The van der Waals surface area contributed by atoms with E-state index in [0.29, 0.717) is 19.5 Å². The molecule has 82 valence electrons. The number of amides is 1. The minimum absolute atomic E-state index is 0.0693. The Labute approximate surface area is 90.9 Å². The molecule has 2 N–H and O–H groups in total. The van der Waals surface area contributed by atoms with Crippen LogP contribution < -0.4 is 10.6 Å². The summed E-state index contributed by atoms with van der Waals surface area (Å²) in [5.74, 6) is 0.0693. The topological polar surface area (TPSA) is 41.1 Å². The molecule has 0 heterocycles. The first-order valence-electron chi connectivity index (χ1n) is 4.72. The molecule has 0 atom stereocenters. The van der Waals surface area contributed by atoms with E-state index in [1.807, 2.05) is 20.8 Å². The lowest BCUT2D eigenvalue weighted by molar-refractivity contribution is -0.122. The van der Waals surface area contributed by atoms with Crippen molar-refractivity contribution in [2.24, 2.45) is 0 Å². The van der Waals surface area contributed by atoms with Crippen molar-refractivity contribution in [3.63, 3.8) is 0 Å². The zero-order chi connectivity index (χ0) is 11.0. The molecule has 0 rings (SSSR count). The first-order chi connectivity index (χ1) is 6.45. The van der Waals surface area contributed by atoms with Gasteiger partial charge in [0.2, 0.25) is 5.91 Å². The van der Waals surface area contributed by atoms with Crippen molar-refractivity contribution in [3.8, 4) is 0 Å². The Morgan fingerprint density at radius 3 is 2.57 bits per heavy atom. The highest BCUT2D eigenvalue weighted by Gasteiger charge is 2.12. The largest absolute Gasteiger partial charge is 0.351 e. The maximum atomic E-state index is 11.3. The average Bonchev–Trinajstić information content (AvgIpc) is 2.00. The van der Waals surface area contributed by atoms with Crippen LogP contribution in [0.25, 0.3) is 0 Å². The van der Waals surface area contributed by atoms with Crippen molar-refractivity contribution in [1.82, 2.24) is 10.6 Å². The van der Waals surface area contributed by atoms with Gasteiger partial charge in [0.05, 0.1) is 0 Å². The summed E-state index contributed by atoms with van der Waals surface area (Å²) in [4.78, 5) is 11.3. The molecule has 4 heteroatoms. The number of carbonyl (C=O) groups excluding carboxylic acids is 1. The van der Waals surface area contributed by atoms with Gasteiger partial charge in [-0.3, -0.25) is 4.79 Å². The Bertz CT molecular complexity index is 197. The van der Waals surface area contributed by atoms with Crippen LogP contribution in [0.2, 0.25) is 0 Å². The van der Waals surface area contributed by atoms with Gasteiger partial charge in [-0.05, 0) is 20.8 Å². The first-order valence-corrected chi connectivity index (χ1v) is 5.16. The van der Waals surface area contributed by atoms with Crippen LogP contribution in [0.4, 0.5) is 0 Å². The Morgan fingerprint density at radius 2 is 2.07 bits per heavy atom. The predicted molar refractivity (Wildman–Crippen MR) is 60.4 cm³/mol. The van der Waals surface area contributed by atoms with E-state index in [0.717, 1.165) is 0 Å². The maximum Gasteiger partial charge on any atom is 0.221 e. The molecule has 0 aliphatic rings. The molecule has 0 fully saturated rings. The molecule has 3 nitrogen and oxygen atoms in total. The van der Waals surface area contributed by atoms with E-state index in [9.17, 15) is 4.79 Å². The minimum Gasteiger partial charge on any atom is -0.351 e. The van der Waals surface area contributed by atoms with Gasteiger partial charge in [-0.15, -0.1) is 0 Å². The first kappa shape index (κ1) is 13.5. The highest BCUT2D eigenvalue weighted by molar-refractivity contribution is 6.25. The van der Waals surface area contributed by atoms with Gasteiger partial charge in [0.15, 0.2) is 0 Å². The molecule has 0 bridgehead atoms. The molecular formula is C10H19ClN2O. The highest BCUT2D eigenvalue weighted by atomic mass is 35.5. The second kappa shape index (κ2) is 6.85. The summed E-state index contributed by atoms with van der Waals surface area (Å²) >= 11 is 5.33. The van der Waals surface area contributed by atoms with Crippen LogP contribution >= 0.6 is 11.6 Å². The molecule has 0 aromatic heterocycles. The van der Waals surface area contributed by atoms with E-state index in [2.05, 4.69) is 10.6 Å². The lowest BCUT2D eigenvalue weighted by Crippen LogP contribution is -2.41. The van der Waals surface area contributed by atoms with Crippen molar-refractivity contribution in [2.45, 2.75) is 32.7 Å².